The van der Waals surface area contributed by atoms with Crippen molar-refractivity contribution in [1.82, 2.24) is 0 Å². The Morgan fingerprint density at radius 3 is 1.77 bits per heavy atom. The molecule has 0 spiro atoms. The van der Waals surface area contributed by atoms with Crippen LogP contribution in [0.3, 0.4) is 0 Å². The first-order valence-corrected chi connectivity index (χ1v) is 3.25. The molecule has 0 aromatic heterocycles. The van der Waals surface area contributed by atoms with Crippen LogP contribution in [0.25, 0.3) is 11.1 Å². The van der Waals surface area contributed by atoms with Crippen molar-refractivity contribution in [1.29, 1.82) is 0 Å². The van der Waals surface area contributed by atoms with Gasteiger partial charge in [0.2, 0.25) is 0 Å². The van der Waals surface area contributed by atoms with Gasteiger partial charge in [-0.2, -0.15) is 48.4 Å². The van der Waals surface area contributed by atoms with Crippen LogP contribution in [0, 0.1) is 12.1 Å². The van der Waals surface area contributed by atoms with Gasteiger partial charge in [0.05, 0.1) is 0 Å². The van der Waals surface area contributed by atoms with E-state index in [9.17, 15) is 0 Å². The second kappa shape index (κ2) is 4.96. The van der Waals surface area contributed by atoms with E-state index in [1.165, 1.54) is 0 Å². The molecule has 0 N–H and O–H groups in total. The van der Waals surface area contributed by atoms with Crippen molar-refractivity contribution in [3.05, 3.63) is 60.5 Å². The van der Waals surface area contributed by atoms with Gasteiger partial charge in [-0.1, -0.05) is 0 Å². The topological polar surface area (TPSA) is 0 Å². The summed E-state index contributed by atoms with van der Waals surface area (Å²) in [6.07, 6.45) is 0. The SMILES string of the molecule is [2H]c1[c-]c(-c2[c-]c([2H])c([2H])c([2H])c2[2H])c([2H])c([2H])c1[2H].[Ir]. The third-order valence-electron chi connectivity index (χ3n) is 1.25. The fraction of sp³-hybridized carbons (Fsp3) is 0. The summed E-state index contributed by atoms with van der Waals surface area (Å²) in [5.74, 6) is 0. The third kappa shape index (κ3) is 2.51. The summed E-state index contributed by atoms with van der Waals surface area (Å²) in [5.41, 5.74) is -0.244. The van der Waals surface area contributed by atoms with Gasteiger partial charge >= 0.3 is 0 Å². The molecule has 2 aromatic carbocycles. The minimum absolute atomic E-state index is 0. The van der Waals surface area contributed by atoms with Crippen LogP contribution in [0.1, 0.15) is 11.0 Å². The largest absolute Gasteiger partial charge is 0.226 e. The molecule has 0 fully saturated rings. The summed E-state index contributed by atoms with van der Waals surface area (Å²) < 4.78 is 60.6. The predicted molar refractivity (Wildman–Crippen MR) is 49.6 cm³/mol. The molecule has 2 aromatic rings. The fourth-order valence-electron chi connectivity index (χ4n) is 0.750. The van der Waals surface area contributed by atoms with Gasteiger partial charge in [0, 0.05) is 25.6 Å². The van der Waals surface area contributed by atoms with E-state index in [2.05, 4.69) is 12.1 Å². The predicted octanol–water partition coefficient (Wildman–Crippen LogP) is 2.95. The van der Waals surface area contributed by atoms with E-state index >= 15 is 0 Å². The summed E-state index contributed by atoms with van der Waals surface area (Å²) in [6, 6.07) is 1.34. The Morgan fingerprint density at radius 2 is 1.31 bits per heavy atom. The third-order valence-corrected chi connectivity index (χ3v) is 1.25. The van der Waals surface area contributed by atoms with Gasteiger partial charge in [0.25, 0.3) is 0 Å². The summed E-state index contributed by atoms with van der Waals surface area (Å²) >= 11 is 0. The molecule has 1 radical (unpaired) electrons. The molecule has 0 nitrogen and oxygen atoms in total. The van der Waals surface area contributed by atoms with Crippen LogP contribution in [-0.4, -0.2) is 0 Å². The Hall–Kier alpha value is -0.911. The van der Waals surface area contributed by atoms with Crippen LogP contribution in [0.15, 0.2) is 48.3 Å². The van der Waals surface area contributed by atoms with E-state index in [4.69, 9.17) is 11.0 Å². The van der Waals surface area contributed by atoms with Gasteiger partial charge in [0.15, 0.2) is 0 Å². The number of benzene rings is 2. The van der Waals surface area contributed by atoms with Crippen LogP contribution in [-0.2, 0) is 20.1 Å². The van der Waals surface area contributed by atoms with Crippen LogP contribution in [0.2, 0.25) is 0 Å². The summed E-state index contributed by atoms with van der Waals surface area (Å²) in [6.45, 7) is 0. The minimum atomic E-state index is -0.482. The molecule has 0 saturated carbocycles. The second-order valence-corrected chi connectivity index (χ2v) is 2.00. The van der Waals surface area contributed by atoms with E-state index in [0.717, 1.165) is 0 Å². The molecule has 0 heterocycles. The zero-order chi connectivity index (χ0) is 15.2. The van der Waals surface area contributed by atoms with Crippen LogP contribution >= 0.6 is 0 Å². The van der Waals surface area contributed by atoms with Gasteiger partial charge < -0.3 is 0 Å². The Labute approximate surface area is 103 Å². The minimum Gasteiger partial charge on any atom is -0.226 e. The van der Waals surface area contributed by atoms with Crippen molar-refractivity contribution in [2.45, 2.75) is 0 Å². The van der Waals surface area contributed by atoms with Crippen molar-refractivity contribution in [3.63, 3.8) is 0 Å². The molecule has 0 unspecified atom stereocenters. The molecule has 0 amide bonds. The van der Waals surface area contributed by atoms with E-state index in [1.54, 1.807) is 0 Å². The van der Waals surface area contributed by atoms with Crippen LogP contribution < -0.4 is 0 Å². The zero-order valence-electron chi connectivity index (χ0n) is 14.3. The van der Waals surface area contributed by atoms with E-state index in [0.29, 0.717) is 0 Å². The molecule has 0 aliphatic heterocycles. The van der Waals surface area contributed by atoms with Crippen molar-refractivity contribution >= 4 is 0 Å². The van der Waals surface area contributed by atoms with Crippen molar-refractivity contribution in [2.24, 2.45) is 0 Å². The van der Waals surface area contributed by atoms with Gasteiger partial charge in [0.1, 0.15) is 0 Å². The first-order valence-electron chi connectivity index (χ1n) is 7.25. The molecule has 67 valence electrons. The maximum atomic E-state index is 7.77. The van der Waals surface area contributed by atoms with E-state index in [1.807, 2.05) is 0 Å². The molecule has 1 heteroatoms. The molecular formula is C12H8Ir-2. The molecule has 13 heavy (non-hydrogen) atoms. The van der Waals surface area contributed by atoms with Crippen molar-refractivity contribution in [2.75, 3.05) is 0 Å². The summed E-state index contributed by atoms with van der Waals surface area (Å²) in [4.78, 5) is 0. The zero-order valence-corrected chi connectivity index (χ0v) is 8.73. The van der Waals surface area contributed by atoms with Crippen LogP contribution in [0.5, 0.6) is 0 Å². The van der Waals surface area contributed by atoms with Gasteiger partial charge in [-0.3, -0.25) is 0 Å². The average molecular weight is 352 g/mol. The summed E-state index contributed by atoms with van der Waals surface area (Å²) in [5, 5.41) is 0. The molecule has 0 atom stereocenters. The first-order chi connectivity index (χ1) is 9.25. The number of hydrogen-bond acceptors (Lipinski definition) is 0. The van der Waals surface area contributed by atoms with E-state index < -0.39 is 48.3 Å². The fourth-order valence-corrected chi connectivity index (χ4v) is 0.750. The molecule has 2 rings (SSSR count). The van der Waals surface area contributed by atoms with Gasteiger partial charge in [-0.05, 0) is 5.48 Å². The smallest absolute Gasteiger partial charge is 0.0398 e. The van der Waals surface area contributed by atoms with Crippen molar-refractivity contribution in [3.8, 4) is 11.1 Å². The Bertz CT molecular complexity index is 652. The van der Waals surface area contributed by atoms with Gasteiger partial charge in [-0.25, -0.2) is 11.1 Å². The van der Waals surface area contributed by atoms with Crippen molar-refractivity contribution < 1.29 is 31.1 Å². The number of hydrogen-bond donors (Lipinski definition) is 0. The average Bonchev–Trinajstić information content (AvgIpc) is 2.42. The standard InChI is InChI=1S/C12H8.Ir/c1-3-7-11(8-4-1)12-9-5-2-6-10-12;/h1-7,9H;/q-2;/i1D,2D,3D,4D,5D,6D,7D,9D;. The Morgan fingerprint density at radius 1 is 0.846 bits per heavy atom. The Balaban J connectivity index is 0.00000220. The number of rotatable bonds is 1. The molecule has 0 aliphatic rings. The second-order valence-electron chi connectivity index (χ2n) is 2.00. The quantitative estimate of drug-likeness (QED) is 0.693. The Kier molecular flexibility index (Phi) is 1.40. The first kappa shape index (κ1) is 3.68. The monoisotopic (exact) mass is 353 g/mol. The maximum Gasteiger partial charge on any atom is 0.0398 e. The molecule has 0 bridgehead atoms. The van der Waals surface area contributed by atoms with Crippen LogP contribution in [0.4, 0.5) is 0 Å². The van der Waals surface area contributed by atoms with E-state index in [-0.39, 0.29) is 31.2 Å². The van der Waals surface area contributed by atoms with Gasteiger partial charge in [-0.15, -0.1) is 12.1 Å². The molecular weight excluding hydrogens is 336 g/mol. The maximum absolute atomic E-state index is 7.77. The summed E-state index contributed by atoms with van der Waals surface area (Å²) in [7, 11) is 0. The molecule has 0 aliphatic carbocycles. The normalized spacial score (nSPS) is 17.5. The molecule has 0 saturated heterocycles.